The van der Waals surface area contributed by atoms with Gasteiger partial charge in [-0.05, 0) is 12.1 Å². The summed E-state index contributed by atoms with van der Waals surface area (Å²) in [5.41, 5.74) is 0.854. The lowest BCUT2D eigenvalue weighted by Crippen LogP contribution is -2.49. The van der Waals surface area contributed by atoms with Crippen molar-refractivity contribution in [2.75, 3.05) is 62.3 Å². The minimum Gasteiger partial charge on any atom is -0.405 e. The van der Waals surface area contributed by atoms with Crippen LogP contribution in [0.15, 0.2) is 36.5 Å². The van der Waals surface area contributed by atoms with Gasteiger partial charge in [0.15, 0.2) is 5.82 Å². The molecule has 2 aliphatic rings. The normalized spacial score (nSPS) is 17.6. The predicted molar refractivity (Wildman–Crippen MR) is 106 cm³/mol. The summed E-state index contributed by atoms with van der Waals surface area (Å²) < 4.78 is 47.4. The molecule has 0 aliphatic carbocycles. The van der Waals surface area contributed by atoms with E-state index in [0.29, 0.717) is 45.2 Å². The molecule has 2 aromatic rings. The number of para-hydroxylation sites is 1. The van der Waals surface area contributed by atoms with Crippen LogP contribution in [0.2, 0.25) is 0 Å². The van der Waals surface area contributed by atoms with Crippen LogP contribution in [0.3, 0.4) is 0 Å². The number of ether oxygens (including phenoxy) is 2. The average Bonchev–Trinajstić information content (AvgIpc) is 2.79. The van der Waals surface area contributed by atoms with Crippen molar-refractivity contribution in [3.63, 3.8) is 0 Å². The first kappa shape index (κ1) is 21.2. The third-order valence-corrected chi connectivity index (χ3v) is 5.24. The van der Waals surface area contributed by atoms with Crippen molar-refractivity contribution < 1.29 is 27.4 Å². The Hall–Kier alpha value is -3.08. The molecule has 0 radical (unpaired) electrons. The number of rotatable bonds is 4. The van der Waals surface area contributed by atoms with Crippen molar-refractivity contribution in [1.82, 2.24) is 15.1 Å². The zero-order valence-electron chi connectivity index (χ0n) is 16.7. The van der Waals surface area contributed by atoms with E-state index >= 15 is 0 Å². The van der Waals surface area contributed by atoms with E-state index in [9.17, 15) is 18.0 Å². The second kappa shape index (κ2) is 8.96. The number of anilines is 2. The van der Waals surface area contributed by atoms with Gasteiger partial charge in [0.05, 0.1) is 30.7 Å². The molecule has 0 bridgehead atoms. The Morgan fingerprint density at radius 1 is 1.00 bits per heavy atom. The molecule has 0 unspecified atom stereocenters. The van der Waals surface area contributed by atoms with Crippen LogP contribution < -0.4 is 14.5 Å². The molecular weight excluding hydrogens is 415 g/mol. The van der Waals surface area contributed by atoms with E-state index in [0.717, 1.165) is 24.8 Å². The summed E-state index contributed by atoms with van der Waals surface area (Å²) in [5.74, 6) is -0.281. The maximum atomic E-state index is 12.8. The van der Waals surface area contributed by atoms with Gasteiger partial charge in [-0.15, -0.1) is 18.3 Å². The Morgan fingerprint density at radius 3 is 2.42 bits per heavy atom. The number of aromatic nitrogens is 2. The molecule has 2 aliphatic heterocycles. The molecule has 4 rings (SSSR count). The van der Waals surface area contributed by atoms with Crippen molar-refractivity contribution in [2.45, 2.75) is 6.36 Å². The molecule has 1 aromatic heterocycles. The Kier molecular flexibility index (Phi) is 6.12. The number of benzene rings is 1. The van der Waals surface area contributed by atoms with Crippen molar-refractivity contribution >= 4 is 17.4 Å². The minimum absolute atomic E-state index is 0.109. The second-order valence-electron chi connectivity index (χ2n) is 7.19. The number of halogens is 3. The maximum Gasteiger partial charge on any atom is 0.573 e. The van der Waals surface area contributed by atoms with Crippen LogP contribution in [0.5, 0.6) is 5.75 Å². The molecule has 1 amide bonds. The van der Waals surface area contributed by atoms with Crippen molar-refractivity contribution in [3.05, 3.63) is 42.1 Å². The van der Waals surface area contributed by atoms with Crippen molar-refractivity contribution in [2.24, 2.45) is 0 Å². The molecule has 166 valence electrons. The molecule has 2 fully saturated rings. The first-order valence-corrected chi connectivity index (χ1v) is 9.95. The Morgan fingerprint density at radius 2 is 1.71 bits per heavy atom. The minimum atomic E-state index is -4.86. The summed E-state index contributed by atoms with van der Waals surface area (Å²) >= 11 is 0. The third kappa shape index (κ3) is 5.16. The first-order valence-electron chi connectivity index (χ1n) is 9.95. The topological polar surface area (TPSA) is 71.0 Å². The number of nitrogens with zero attached hydrogens (tertiary/aromatic N) is 5. The number of hydrogen-bond acceptors (Lipinski definition) is 7. The van der Waals surface area contributed by atoms with Crippen LogP contribution in [-0.4, -0.2) is 79.8 Å². The first-order chi connectivity index (χ1) is 14.9. The molecule has 0 atom stereocenters. The van der Waals surface area contributed by atoms with Crippen LogP contribution in [0.4, 0.5) is 24.7 Å². The molecule has 31 heavy (non-hydrogen) atoms. The summed E-state index contributed by atoms with van der Waals surface area (Å²) in [4.78, 5) is 18.5. The van der Waals surface area contributed by atoms with Crippen LogP contribution in [0.1, 0.15) is 10.4 Å². The summed E-state index contributed by atoms with van der Waals surface area (Å²) in [5, 5.41) is 8.31. The maximum absolute atomic E-state index is 12.8. The number of carbonyl (C=O) groups is 1. The number of amides is 1. The highest BCUT2D eigenvalue weighted by molar-refractivity contribution is 5.97. The fourth-order valence-corrected chi connectivity index (χ4v) is 3.66. The highest BCUT2D eigenvalue weighted by atomic mass is 19.4. The lowest BCUT2D eigenvalue weighted by molar-refractivity contribution is -0.274. The molecule has 3 heterocycles. The fraction of sp³-hybridized carbons (Fsp3) is 0.450. The lowest BCUT2D eigenvalue weighted by atomic mass is 10.1. The molecular formula is C20H22F3N5O3. The summed E-state index contributed by atoms with van der Waals surface area (Å²) in [6, 6.07) is 7.36. The number of hydrogen-bond donors (Lipinski definition) is 0. The van der Waals surface area contributed by atoms with Gasteiger partial charge in [0.1, 0.15) is 5.75 Å². The smallest absolute Gasteiger partial charge is 0.405 e. The van der Waals surface area contributed by atoms with Gasteiger partial charge < -0.3 is 24.2 Å². The second-order valence-corrected chi connectivity index (χ2v) is 7.19. The van der Waals surface area contributed by atoms with E-state index in [2.05, 4.69) is 19.8 Å². The van der Waals surface area contributed by atoms with E-state index in [1.165, 1.54) is 23.1 Å². The number of morpholine rings is 1. The highest BCUT2D eigenvalue weighted by Crippen LogP contribution is 2.28. The molecule has 0 N–H and O–H groups in total. The van der Waals surface area contributed by atoms with E-state index in [4.69, 9.17) is 4.74 Å². The van der Waals surface area contributed by atoms with E-state index < -0.39 is 18.0 Å². The largest absolute Gasteiger partial charge is 0.573 e. The molecule has 0 spiro atoms. The lowest BCUT2D eigenvalue weighted by Gasteiger charge is -2.36. The standard InChI is InChI=1S/C20H22F3N5O3/c21-20(22,23)31-17-4-2-1-3-16(17)19(29)28-7-5-27(6-8-28)18-13-15(14-24-25-18)26-9-11-30-12-10-26/h1-4,13-14H,5-12H2. The van der Waals surface area contributed by atoms with Gasteiger partial charge in [-0.1, -0.05) is 12.1 Å². The zero-order chi connectivity index (χ0) is 21.8. The SMILES string of the molecule is O=C(c1ccccc1OC(F)(F)F)N1CCN(c2cc(N3CCOCC3)cnn2)CC1. The Balaban J connectivity index is 1.41. The van der Waals surface area contributed by atoms with E-state index in [1.54, 1.807) is 6.20 Å². The fourth-order valence-electron chi connectivity index (χ4n) is 3.66. The highest BCUT2D eigenvalue weighted by Gasteiger charge is 2.34. The average molecular weight is 437 g/mol. The number of carbonyl (C=O) groups excluding carboxylic acids is 1. The molecule has 8 nitrogen and oxygen atoms in total. The van der Waals surface area contributed by atoms with Gasteiger partial charge in [0.25, 0.3) is 5.91 Å². The van der Waals surface area contributed by atoms with Gasteiger partial charge in [0, 0.05) is 45.3 Å². The van der Waals surface area contributed by atoms with E-state index in [-0.39, 0.29) is 5.56 Å². The van der Waals surface area contributed by atoms with Gasteiger partial charge in [-0.3, -0.25) is 4.79 Å². The number of alkyl halides is 3. The van der Waals surface area contributed by atoms with Crippen molar-refractivity contribution in [3.8, 4) is 5.75 Å². The Labute approximate surface area is 177 Å². The van der Waals surface area contributed by atoms with Crippen LogP contribution in [0, 0.1) is 0 Å². The summed E-state index contributed by atoms with van der Waals surface area (Å²) in [6.07, 6.45) is -3.15. The summed E-state index contributed by atoms with van der Waals surface area (Å²) in [6.45, 7) is 4.59. The third-order valence-electron chi connectivity index (χ3n) is 5.24. The van der Waals surface area contributed by atoms with Gasteiger partial charge in [-0.25, -0.2) is 0 Å². The van der Waals surface area contributed by atoms with E-state index in [1.807, 2.05) is 11.0 Å². The van der Waals surface area contributed by atoms with Gasteiger partial charge in [-0.2, -0.15) is 5.10 Å². The quantitative estimate of drug-likeness (QED) is 0.726. The van der Waals surface area contributed by atoms with Crippen LogP contribution >= 0.6 is 0 Å². The molecule has 11 heteroatoms. The van der Waals surface area contributed by atoms with Gasteiger partial charge in [0.2, 0.25) is 0 Å². The predicted octanol–water partition coefficient (Wildman–Crippen LogP) is 2.17. The number of piperazine rings is 1. The van der Waals surface area contributed by atoms with Crippen LogP contribution in [0.25, 0.3) is 0 Å². The van der Waals surface area contributed by atoms with Gasteiger partial charge >= 0.3 is 6.36 Å². The summed E-state index contributed by atoms with van der Waals surface area (Å²) in [7, 11) is 0. The monoisotopic (exact) mass is 437 g/mol. The molecule has 1 aromatic carbocycles. The molecule has 2 saturated heterocycles. The van der Waals surface area contributed by atoms with Crippen LogP contribution in [-0.2, 0) is 4.74 Å². The zero-order valence-corrected chi connectivity index (χ0v) is 16.7. The van der Waals surface area contributed by atoms with Crippen molar-refractivity contribution in [1.29, 1.82) is 0 Å². The molecule has 0 saturated carbocycles. The Bertz CT molecular complexity index is 913.